The summed E-state index contributed by atoms with van der Waals surface area (Å²) in [6.45, 7) is 8.34. The molecule has 4 rings (SSSR count). The van der Waals surface area contributed by atoms with Crippen LogP contribution in [0.5, 0.6) is 11.5 Å². The Balaban J connectivity index is 1.66. The fourth-order valence-electron chi connectivity index (χ4n) is 5.85. The molecule has 1 saturated heterocycles. The van der Waals surface area contributed by atoms with Crippen molar-refractivity contribution in [1.82, 2.24) is 0 Å². The Morgan fingerprint density at radius 1 is 1.24 bits per heavy atom. The van der Waals surface area contributed by atoms with Crippen LogP contribution in [0.15, 0.2) is 18.2 Å². The number of methoxy groups -OCH3 is 1. The van der Waals surface area contributed by atoms with E-state index < -0.39 is 17.7 Å². The minimum absolute atomic E-state index is 0.0590. The van der Waals surface area contributed by atoms with Gasteiger partial charge in [0, 0.05) is 12.3 Å². The highest BCUT2D eigenvalue weighted by molar-refractivity contribution is 5.90. The van der Waals surface area contributed by atoms with E-state index in [0.29, 0.717) is 18.6 Å². The Morgan fingerprint density at radius 3 is 2.59 bits per heavy atom. The largest absolute Gasteiger partial charge is 0.504 e. The van der Waals surface area contributed by atoms with Gasteiger partial charge in [0.15, 0.2) is 11.5 Å². The molecule has 0 unspecified atom stereocenters. The molecule has 160 valence electrons. The molecule has 29 heavy (non-hydrogen) atoms. The van der Waals surface area contributed by atoms with Crippen LogP contribution in [0.3, 0.4) is 0 Å². The number of carbonyl (C=O) groups is 1. The Morgan fingerprint density at radius 2 is 1.97 bits per heavy atom. The lowest BCUT2D eigenvalue weighted by Gasteiger charge is -2.44. The Bertz CT molecular complexity index is 822. The summed E-state index contributed by atoms with van der Waals surface area (Å²) in [4.78, 5) is 13.0. The smallest absolute Gasteiger partial charge is 0.338 e. The van der Waals surface area contributed by atoms with Crippen LogP contribution in [0.25, 0.3) is 0 Å². The zero-order chi connectivity index (χ0) is 21.2. The summed E-state index contributed by atoms with van der Waals surface area (Å²) in [7, 11) is 1.46. The van der Waals surface area contributed by atoms with E-state index in [-0.39, 0.29) is 40.3 Å². The molecular formula is C23H32O6. The maximum Gasteiger partial charge on any atom is 0.338 e. The zero-order valence-corrected chi connectivity index (χ0v) is 17.9. The normalized spacial score (nSPS) is 40.7. The monoisotopic (exact) mass is 404 g/mol. The number of benzene rings is 1. The second-order valence-corrected chi connectivity index (χ2v) is 9.94. The zero-order valence-electron chi connectivity index (χ0n) is 17.9. The van der Waals surface area contributed by atoms with Gasteiger partial charge in [0.05, 0.1) is 30.0 Å². The first-order valence-corrected chi connectivity index (χ1v) is 10.5. The van der Waals surface area contributed by atoms with Crippen LogP contribution in [0.1, 0.15) is 63.7 Å². The summed E-state index contributed by atoms with van der Waals surface area (Å²) in [5.74, 6) is -0.404. The van der Waals surface area contributed by atoms with Crippen LogP contribution >= 0.6 is 0 Å². The summed E-state index contributed by atoms with van der Waals surface area (Å²) in [6.07, 6.45) is 2.73. The SMILES string of the molecule is COc1ccc(C(=O)O[C@@H]2C[C@@]3(C)O[C@@H]3C[C@@]3(C)CC[C@](O)(C(C)C)[C@@H]23)cc1O. The maximum absolute atomic E-state index is 13.0. The van der Waals surface area contributed by atoms with E-state index in [1.165, 1.54) is 13.2 Å². The highest BCUT2D eigenvalue weighted by atomic mass is 16.6. The molecule has 0 spiro atoms. The summed E-state index contributed by atoms with van der Waals surface area (Å²) in [5, 5.41) is 21.7. The summed E-state index contributed by atoms with van der Waals surface area (Å²) >= 11 is 0. The van der Waals surface area contributed by atoms with Crippen molar-refractivity contribution in [2.75, 3.05) is 7.11 Å². The molecule has 6 atom stereocenters. The number of fused-ring (bicyclic) bond motifs is 2. The molecule has 1 heterocycles. The Hall–Kier alpha value is -1.79. The van der Waals surface area contributed by atoms with Crippen LogP contribution in [0.4, 0.5) is 0 Å². The molecule has 1 aromatic carbocycles. The first-order chi connectivity index (χ1) is 13.5. The molecule has 2 saturated carbocycles. The first kappa shape index (κ1) is 20.5. The van der Waals surface area contributed by atoms with Gasteiger partial charge < -0.3 is 24.4 Å². The number of aromatic hydroxyl groups is 1. The van der Waals surface area contributed by atoms with Crippen molar-refractivity contribution in [2.45, 2.75) is 76.8 Å². The molecule has 1 aliphatic heterocycles. The number of phenols is 1. The van der Waals surface area contributed by atoms with Crippen LogP contribution in [0.2, 0.25) is 0 Å². The molecule has 0 radical (unpaired) electrons. The number of aliphatic hydroxyl groups is 1. The van der Waals surface area contributed by atoms with Crippen molar-refractivity contribution in [2.24, 2.45) is 17.3 Å². The van der Waals surface area contributed by atoms with Crippen molar-refractivity contribution in [3.8, 4) is 11.5 Å². The number of hydrogen-bond acceptors (Lipinski definition) is 6. The Kier molecular flexibility index (Phi) is 4.67. The van der Waals surface area contributed by atoms with Crippen molar-refractivity contribution < 1.29 is 29.2 Å². The average Bonchev–Trinajstić information content (AvgIpc) is 3.18. The van der Waals surface area contributed by atoms with Gasteiger partial charge >= 0.3 is 5.97 Å². The number of carbonyl (C=O) groups excluding carboxylic acids is 1. The highest BCUT2D eigenvalue weighted by Crippen LogP contribution is 2.63. The van der Waals surface area contributed by atoms with Gasteiger partial charge in [0.2, 0.25) is 0 Å². The number of esters is 1. The van der Waals surface area contributed by atoms with E-state index in [1.54, 1.807) is 12.1 Å². The summed E-state index contributed by atoms with van der Waals surface area (Å²) in [5.41, 5.74) is -1.07. The molecule has 6 nitrogen and oxygen atoms in total. The van der Waals surface area contributed by atoms with Gasteiger partial charge in [0.25, 0.3) is 0 Å². The minimum Gasteiger partial charge on any atom is -0.504 e. The second kappa shape index (κ2) is 6.61. The predicted octanol–water partition coefficient (Wildman–Crippen LogP) is 3.68. The topological polar surface area (TPSA) is 88.5 Å². The van der Waals surface area contributed by atoms with Gasteiger partial charge in [0.1, 0.15) is 6.10 Å². The molecule has 0 aromatic heterocycles. The predicted molar refractivity (Wildman–Crippen MR) is 107 cm³/mol. The minimum atomic E-state index is -0.880. The van der Waals surface area contributed by atoms with Gasteiger partial charge in [-0.2, -0.15) is 0 Å². The molecule has 0 amide bonds. The van der Waals surface area contributed by atoms with E-state index in [4.69, 9.17) is 14.2 Å². The van der Waals surface area contributed by atoms with Crippen LogP contribution in [-0.4, -0.2) is 46.7 Å². The molecule has 3 aliphatic rings. The van der Waals surface area contributed by atoms with E-state index in [9.17, 15) is 15.0 Å². The number of hydrogen-bond donors (Lipinski definition) is 2. The van der Waals surface area contributed by atoms with Gasteiger partial charge in [-0.15, -0.1) is 0 Å². The summed E-state index contributed by atoms with van der Waals surface area (Å²) < 4.78 is 17.1. The van der Waals surface area contributed by atoms with E-state index in [2.05, 4.69) is 13.8 Å². The van der Waals surface area contributed by atoms with Gasteiger partial charge in [-0.05, 0) is 55.7 Å². The number of epoxide rings is 1. The lowest BCUT2D eigenvalue weighted by Crippen LogP contribution is -2.50. The lowest BCUT2D eigenvalue weighted by molar-refractivity contribution is -0.120. The van der Waals surface area contributed by atoms with Crippen molar-refractivity contribution in [3.63, 3.8) is 0 Å². The number of rotatable bonds is 4. The average molecular weight is 405 g/mol. The second-order valence-electron chi connectivity index (χ2n) is 9.94. The fourth-order valence-corrected chi connectivity index (χ4v) is 5.85. The van der Waals surface area contributed by atoms with Gasteiger partial charge in [-0.3, -0.25) is 0 Å². The third kappa shape index (κ3) is 3.21. The summed E-state index contributed by atoms with van der Waals surface area (Å²) in [6, 6.07) is 4.49. The molecule has 2 aliphatic carbocycles. The van der Waals surface area contributed by atoms with Crippen LogP contribution in [0, 0.1) is 17.3 Å². The fraction of sp³-hybridized carbons (Fsp3) is 0.696. The molecule has 2 N–H and O–H groups in total. The number of phenolic OH excluding ortho intramolecular Hbond substituents is 1. The van der Waals surface area contributed by atoms with Crippen LogP contribution < -0.4 is 4.74 Å². The lowest BCUT2D eigenvalue weighted by atomic mass is 9.67. The first-order valence-electron chi connectivity index (χ1n) is 10.5. The third-order valence-electron chi connectivity index (χ3n) is 7.72. The van der Waals surface area contributed by atoms with E-state index in [0.717, 1.165) is 12.8 Å². The van der Waals surface area contributed by atoms with Crippen LogP contribution in [-0.2, 0) is 9.47 Å². The molecule has 3 fully saturated rings. The molecule has 1 aromatic rings. The molecule has 6 heteroatoms. The van der Waals surface area contributed by atoms with Crippen molar-refractivity contribution >= 4 is 5.97 Å². The van der Waals surface area contributed by atoms with Gasteiger partial charge in [-0.1, -0.05) is 20.8 Å². The standard InChI is InChI=1S/C23H32O6/c1-13(2)23(26)9-8-21(3)12-18-22(4,29-18)11-17(19(21)23)28-20(25)14-6-7-16(27-5)15(24)10-14/h6-7,10,13,17-19,24,26H,8-9,11-12H2,1-5H3/t17-,18-,19+,21-,22-,23+/m1/s1. The van der Waals surface area contributed by atoms with E-state index in [1.807, 2.05) is 13.8 Å². The highest BCUT2D eigenvalue weighted by Gasteiger charge is 2.68. The quantitative estimate of drug-likeness (QED) is 0.588. The third-order valence-corrected chi connectivity index (χ3v) is 7.72. The molecular weight excluding hydrogens is 372 g/mol. The Labute approximate surface area is 172 Å². The van der Waals surface area contributed by atoms with Crippen molar-refractivity contribution in [3.05, 3.63) is 23.8 Å². The van der Waals surface area contributed by atoms with E-state index >= 15 is 0 Å². The maximum atomic E-state index is 13.0. The van der Waals surface area contributed by atoms with Crippen molar-refractivity contribution in [1.29, 1.82) is 0 Å². The number of ether oxygens (including phenoxy) is 3. The molecule has 0 bridgehead atoms. The van der Waals surface area contributed by atoms with Gasteiger partial charge in [-0.25, -0.2) is 4.79 Å².